The van der Waals surface area contributed by atoms with Crippen molar-refractivity contribution in [3.05, 3.63) is 54.2 Å². The van der Waals surface area contributed by atoms with Crippen LogP contribution in [-0.4, -0.2) is 30.5 Å². The first-order valence-corrected chi connectivity index (χ1v) is 7.54. The van der Waals surface area contributed by atoms with Crippen LogP contribution in [0.2, 0.25) is 0 Å². The zero-order valence-corrected chi connectivity index (χ0v) is 12.5. The Morgan fingerprint density at radius 1 is 1.09 bits per heavy atom. The van der Waals surface area contributed by atoms with Gasteiger partial charge in [0.1, 0.15) is 13.2 Å². The van der Waals surface area contributed by atoms with E-state index in [2.05, 4.69) is 10.3 Å². The van der Waals surface area contributed by atoms with Gasteiger partial charge in [-0.25, -0.2) is 0 Å². The van der Waals surface area contributed by atoms with Crippen molar-refractivity contribution in [2.75, 3.05) is 25.1 Å². The molecule has 0 saturated heterocycles. The first kappa shape index (κ1) is 13.7. The fourth-order valence-electron chi connectivity index (χ4n) is 2.73. The lowest BCUT2D eigenvalue weighted by molar-refractivity contribution is 0.101. The summed E-state index contributed by atoms with van der Waals surface area (Å²) in [5, 5.41) is 4.09. The summed E-state index contributed by atoms with van der Waals surface area (Å²) >= 11 is 0. The number of Topliss-reactive ketones (excluding diaryl/α,β-unsaturated/α-hetero) is 1. The van der Waals surface area contributed by atoms with E-state index in [1.54, 1.807) is 6.20 Å². The molecule has 2 N–H and O–H groups in total. The summed E-state index contributed by atoms with van der Waals surface area (Å²) in [7, 11) is 0. The van der Waals surface area contributed by atoms with Crippen molar-refractivity contribution in [2.24, 2.45) is 0 Å². The number of para-hydroxylation sites is 1. The topological polar surface area (TPSA) is 63.4 Å². The molecule has 116 valence electrons. The Labute approximate surface area is 133 Å². The highest BCUT2D eigenvalue weighted by atomic mass is 16.6. The maximum atomic E-state index is 12.4. The number of carbonyl (C=O) groups is 1. The minimum atomic E-state index is 0.0392. The minimum absolute atomic E-state index is 0.0392. The predicted molar refractivity (Wildman–Crippen MR) is 88.6 cm³/mol. The zero-order chi connectivity index (χ0) is 15.6. The molecule has 3 aromatic rings. The van der Waals surface area contributed by atoms with E-state index in [9.17, 15) is 4.79 Å². The van der Waals surface area contributed by atoms with E-state index in [1.807, 2.05) is 42.5 Å². The molecule has 0 unspecified atom stereocenters. The Morgan fingerprint density at radius 3 is 2.83 bits per heavy atom. The van der Waals surface area contributed by atoms with E-state index in [0.717, 1.165) is 22.3 Å². The van der Waals surface area contributed by atoms with Crippen LogP contribution in [0.15, 0.2) is 48.7 Å². The molecule has 0 fully saturated rings. The number of fused-ring (bicyclic) bond motifs is 2. The number of aromatic amines is 1. The molecule has 0 radical (unpaired) electrons. The highest BCUT2D eigenvalue weighted by Crippen LogP contribution is 2.32. The molecule has 5 heteroatoms. The standard InChI is InChI=1S/C18H16N2O3/c21-16(14-10-20-15-4-2-1-3-13(14)15)11-19-12-5-6-17-18(9-12)23-8-7-22-17/h1-6,9-10,19-20H,7-8,11H2. The smallest absolute Gasteiger partial charge is 0.183 e. The molecule has 2 aromatic carbocycles. The minimum Gasteiger partial charge on any atom is -0.486 e. The second-order valence-electron chi connectivity index (χ2n) is 5.38. The Morgan fingerprint density at radius 2 is 1.91 bits per heavy atom. The van der Waals surface area contributed by atoms with Gasteiger partial charge in [-0.15, -0.1) is 0 Å². The maximum Gasteiger partial charge on any atom is 0.183 e. The highest BCUT2D eigenvalue weighted by Gasteiger charge is 2.14. The Hall–Kier alpha value is -2.95. The van der Waals surface area contributed by atoms with Crippen LogP contribution < -0.4 is 14.8 Å². The molecule has 1 aliphatic heterocycles. The van der Waals surface area contributed by atoms with Gasteiger partial charge in [-0.05, 0) is 18.2 Å². The van der Waals surface area contributed by atoms with E-state index in [1.165, 1.54) is 0 Å². The van der Waals surface area contributed by atoms with Crippen LogP contribution >= 0.6 is 0 Å². The average Bonchev–Trinajstić information content (AvgIpc) is 3.03. The van der Waals surface area contributed by atoms with Gasteiger partial charge in [-0.1, -0.05) is 18.2 Å². The predicted octanol–water partition coefficient (Wildman–Crippen LogP) is 3.23. The number of hydrogen-bond acceptors (Lipinski definition) is 4. The summed E-state index contributed by atoms with van der Waals surface area (Å²) in [5.74, 6) is 1.49. The summed E-state index contributed by atoms with van der Waals surface area (Å²) in [4.78, 5) is 15.6. The fourth-order valence-corrected chi connectivity index (χ4v) is 2.73. The fraction of sp³-hybridized carbons (Fsp3) is 0.167. The van der Waals surface area contributed by atoms with Gasteiger partial charge in [-0.3, -0.25) is 4.79 Å². The Balaban J connectivity index is 1.49. The number of ether oxygens (including phenoxy) is 2. The summed E-state index contributed by atoms with van der Waals surface area (Å²) in [6.07, 6.45) is 1.76. The molecular weight excluding hydrogens is 292 g/mol. The van der Waals surface area contributed by atoms with E-state index in [0.29, 0.717) is 24.5 Å². The van der Waals surface area contributed by atoms with Crippen LogP contribution in [0.3, 0.4) is 0 Å². The van der Waals surface area contributed by atoms with Gasteiger partial charge in [0.2, 0.25) is 0 Å². The second-order valence-corrected chi connectivity index (χ2v) is 5.38. The maximum absolute atomic E-state index is 12.4. The molecule has 2 heterocycles. The molecule has 0 amide bonds. The third-order valence-corrected chi connectivity index (χ3v) is 3.88. The number of benzene rings is 2. The molecule has 1 aromatic heterocycles. The number of rotatable bonds is 4. The van der Waals surface area contributed by atoms with Gasteiger partial charge < -0.3 is 19.8 Å². The normalized spacial score (nSPS) is 13.0. The van der Waals surface area contributed by atoms with E-state index in [-0.39, 0.29) is 12.3 Å². The third kappa shape index (κ3) is 2.61. The molecule has 0 atom stereocenters. The number of nitrogens with one attached hydrogen (secondary N) is 2. The Kier molecular flexibility index (Phi) is 3.38. The van der Waals surface area contributed by atoms with Crippen LogP contribution in [0.1, 0.15) is 10.4 Å². The average molecular weight is 308 g/mol. The molecule has 4 rings (SSSR count). The van der Waals surface area contributed by atoms with Crippen molar-refractivity contribution in [3.63, 3.8) is 0 Å². The van der Waals surface area contributed by atoms with Crippen LogP contribution in [0.4, 0.5) is 5.69 Å². The molecule has 0 saturated carbocycles. The van der Waals surface area contributed by atoms with Gasteiger partial charge in [0, 0.05) is 34.4 Å². The van der Waals surface area contributed by atoms with E-state index in [4.69, 9.17) is 9.47 Å². The van der Waals surface area contributed by atoms with Crippen LogP contribution in [0, 0.1) is 0 Å². The van der Waals surface area contributed by atoms with Gasteiger partial charge in [-0.2, -0.15) is 0 Å². The zero-order valence-electron chi connectivity index (χ0n) is 12.5. The molecule has 1 aliphatic rings. The lowest BCUT2D eigenvalue weighted by Gasteiger charge is -2.19. The number of hydrogen-bond donors (Lipinski definition) is 2. The first-order chi connectivity index (χ1) is 11.3. The summed E-state index contributed by atoms with van der Waals surface area (Å²) in [5.41, 5.74) is 2.50. The van der Waals surface area contributed by atoms with Crippen molar-refractivity contribution in [1.29, 1.82) is 0 Å². The van der Waals surface area contributed by atoms with Gasteiger partial charge in [0.25, 0.3) is 0 Å². The molecule has 23 heavy (non-hydrogen) atoms. The highest BCUT2D eigenvalue weighted by molar-refractivity contribution is 6.09. The van der Waals surface area contributed by atoms with Crippen molar-refractivity contribution in [1.82, 2.24) is 4.98 Å². The van der Waals surface area contributed by atoms with Crippen LogP contribution in [0.25, 0.3) is 10.9 Å². The molecule has 0 aliphatic carbocycles. The molecular formula is C18H16N2O3. The largest absolute Gasteiger partial charge is 0.486 e. The Bertz CT molecular complexity index is 870. The molecule has 0 spiro atoms. The van der Waals surface area contributed by atoms with Crippen LogP contribution in [0.5, 0.6) is 11.5 Å². The molecule has 0 bridgehead atoms. The second kappa shape index (κ2) is 5.68. The van der Waals surface area contributed by atoms with Crippen molar-refractivity contribution >= 4 is 22.4 Å². The van der Waals surface area contributed by atoms with E-state index < -0.39 is 0 Å². The van der Waals surface area contributed by atoms with Crippen LogP contribution in [-0.2, 0) is 0 Å². The number of ketones is 1. The van der Waals surface area contributed by atoms with Gasteiger partial charge >= 0.3 is 0 Å². The quantitative estimate of drug-likeness (QED) is 0.726. The first-order valence-electron chi connectivity index (χ1n) is 7.54. The lowest BCUT2D eigenvalue weighted by atomic mass is 10.1. The summed E-state index contributed by atoms with van der Waals surface area (Å²) in [6.45, 7) is 1.34. The number of aromatic nitrogens is 1. The third-order valence-electron chi connectivity index (χ3n) is 3.88. The number of anilines is 1. The number of carbonyl (C=O) groups excluding carboxylic acids is 1. The van der Waals surface area contributed by atoms with Crippen molar-refractivity contribution in [3.8, 4) is 11.5 Å². The lowest BCUT2D eigenvalue weighted by Crippen LogP contribution is -2.16. The van der Waals surface area contributed by atoms with Crippen molar-refractivity contribution < 1.29 is 14.3 Å². The number of H-pyrrole nitrogens is 1. The van der Waals surface area contributed by atoms with Crippen molar-refractivity contribution in [2.45, 2.75) is 0 Å². The van der Waals surface area contributed by atoms with E-state index >= 15 is 0 Å². The monoisotopic (exact) mass is 308 g/mol. The SMILES string of the molecule is O=C(CNc1ccc2c(c1)OCCO2)c1c[nH]c2ccccc12. The van der Waals surface area contributed by atoms with Gasteiger partial charge in [0.05, 0.1) is 6.54 Å². The summed E-state index contributed by atoms with van der Waals surface area (Å²) < 4.78 is 11.0. The van der Waals surface area contributed by atoms with Gasteiger partial charge in [0.15, 0.2) is 17.3 Å². The molecule has 5 nitrogen and oxygen atoms in total. The summed E-state index contributed by atoms with van der Waals surface area (Å²) in [6, 6.07) is 13.4.